The molecule has 1 aliphatic rings. The first kappa shape index (κ1) is 17.5. The van der Waals surface area contributed by atoms with Crippen LogP contribution in [0.2, 0.25) is 5.02 Å². The second-order valence-electron chi connectivity index (χ2n) is 6.53. The molecule has 2 amide bonds. The van der Waals surface area contributed by atoms with Gasteiger partial charge < -0.3 is 9.80 Å². The Labute approximate surface area is 161 Å². The number of piperazine rings is 1. The second kappa shape index (κ2) is 7.40. The van der Waals surface area contributed by atoms with Crippen molar-refractivity contribution in [1.82, 2.24) is 19.4 Å². The first-order valence-electron chi connectivity index (χ1n) is 8.86. The number of benzene rings is 1. The first-order chi connectivity index (χ1) is 13.1. The second-order valence-corrected chi connectivity index (χ2v) is 6.94. The fourth-order valence-corrected chi connectivity index (χ4v) is 3.55. The van der Waals surface area contributed by atoms with Gasteiger partial charge in [0.05, 0.1) is 23.7 Å². The predicted molar refractivity (Wildman–Crippen MR) is 103 cm³/mol. The Morgan fingerprint density at radius 2 is 1.67 bits per heavy atom. The zero-order valence-electron chi connectivity index (χ0n) is 14.7. The van der Waals surface area contributed by atoms with Gasteiger partial charge in [0, 0.05) is 37.4 Å². The van der Waals surface area contributed by atoms with Crippen molar-refractivity contribution in [2.24, 2.45) is 0 Å². The number of rotatable bonds is 3. The number of pyridine rings is 1. The maximum atomic E-state index is 12.8. The van der Waals surface area contributed by atoms with E-state index in [1.54, 1.807) is 26.6 Å². The van der Waals surface area contributed by atoms with E-state index < -0.39 is 0 Å². The van der Waals surface area contributed by atoms with Crippen molar-refractivity contribution in [3.63, 3.8) is 0 Å². The van der Waals surface area contributed by atoms with E-state index in [9.17, 15) is 9.59 Å². The van der Waals surface area contributed by atoms with E-state index in [4.69, 9.17) is 11.6 Å². The van der Waals surface area contributed by atoms with E-state index in [2.05, 4.69) is 5.10 Å². The summed E-state index contributed by atoms with van der Waals surface area (Å²) >= 11 is 6.15. The summed E-state index contributed by atoms with van der Waals surface area (Å²) in [5.74, 6) is -0.0133. The third-order valence-corrected chi connectivity index (χ3v) is 5.24. The van der Waals surface area contributed by atoms with Crippen molar-refractivity contribution >= 4 is 28.9 Å². The number of carbonyl (C=O) groups excluding carboxylic acids is 2. The highest BCUT2D eigenvalue weighted by atomic mass is 35.5. The van der Waals surface area contributed by atoms with E-state index in [1.165, 1.54) is 0 Å². The van der Waals surface area contributed by atoms with Gasteiger partial charge in [0.25, 0.3) is 5.91 Å². The summed E-state index contributed by atoms with van der Waals surface area (Å²) in [5.41, 5.74) is 2.21. The Balaban J connectivity index is 1.39. The molecule has 4 rings (SSSR count). The third-order valence-electron chi connectivity index (χ3n) is 4.88. The van der Waals surface area contributed by atoms with Crippen LogP contribution >= 0.6 is 11.6 Å². The van der Waals surface area contributed by atoms with E-state index in [0.717, 1.165) is 11.1 Å². The van der Waals surface area contributed by atoms with E-state index in [1.807, 2.05) is 42.6 Å². The minimum Gasteiger partial charge on any atom is -0.339 e. The summed E-state index contributed by atoms with van der Waals surface area (Å²) in [5, 5.41) is 4.83. The van der Waals surface area contributed by atoms with Crippen LogP contribution in [0.15, 0.2) is 54.9 Å². The van der Waals surface area contributed by atoms with Gasteiger partial charge in [-0.25, -0.2) is 4.52 Å². The number of nitrogens with zero attached hydrogens (tertiary/aromatic N) is 4. The van der Waals surface area contributed by atoms with Crippen molar-refractivity contribution in [2.45, 2.75) is 6.42 Å². The zero-order valence-corrected chi connectivity index (χ0v) is 15.5. The van der Waals surface area contributed by atoms with Crippen LogP contribution < -0.4 is 0 Å². The van der Waals surface area contributed by atoms with E-state index in [-0.39, 0.29) is 18.2 Å². The average molecular weight is 383 g/mol. The molecule has 1 aromatic carbocycles. The summed E-state index contributed by atoms with van der Waals surface area (Å²) < 4.78 is 1.69. The lowest BCUT2D eigenvalue weighted by Gasteiger charge is -2.34. The highest BCUT2D eigenvalue weighted by Crippen LogP contribution is 2.18. The van der Waals surface area contributed by atoms with Crippen LogP contribution in [0.5, 0.6) is 0 Å². The lowest BCUT2D eigenvalue weighted by Crippen LogP contribution is -2.51. The monoisotopic (exact) mass is 382 g/mol. The van der Waals surface area contributed by atoms with E-state index in [0.29, 0.717) is 36.8 Å². The molecule has 138 valence electrons. The van der Waals surface area contributed by atoms with Crippen LogP contribution in [-0.4, -0.2) is 57.4 Å². The highest BCUT2D eigenvalue weighted by Gasteiger charge is 2.26. The number of amides is 2. The maximum absolute atomic E-state index is 12.8. The Morgan fingerprint density at radius 1 is 0.963 bits per heavy atom. The molecule has 1 fully saturated rings. The third kappa shape index (κ3) is 3.53. The van der Waals surface area contributed by atoms with Gasteiger partial charge in [-0.05, 0) is 23.8 Å². The minimum absolute atomic E-state index is 0.0335. The SMILES string of the molecule is O=C(Cc1ccccc1Cl)N1CCN(C(=O)c2cnn3ccccc23)CC1. The van der Waals surface area contributed by atoms with Crippen molar-refractivity contribution in [3.8, 4) is 0 Å². The van der Waals surface area contributed by atoms with Crippen LogP contribution in [0.1, 0.15) is 15.9 Å². The van der Waals surface area contributed by atoms with Crippen LogP contribution in [0.25, 0.3) is 5.52 Å². The molecule has 1 aliphatic heterocycles. The summed E-state index contributed by atoms with van der Waals surface area (Å²) in [7, 11) is 0. The van der Waals surface area contributed by atoms with Crippen LogP contribution in [0, 0.1) is 0 Å². The molecule has 0 aliphatic carbocycles. The molecule has 3 heterocycles. The van der Waals surface area contributed by atoms with Crippen LogP contribution in [-0.2, 0) is 11.2 Å². The topological polar surface area (TPSA) is 57.9 Å². The molecule has 0 saturated carbocycles. The largest absolute Gasteiger partial charge is 0.339 e. The Bertz CT molecular complexity index is 992. The molecule has 0 radical (unpaired) electrons. The van der Waals surface area contributed by atoms with Gasteiger partial charge in [-0.1, -0.05) is 35.9 Å². The molecule has 0 bridgehead atoms. The van der Waals surface area contributed by atoms with Crippen LogP contribution in [0.4, 0.5) is 0 Å². The molecule has 1 saturated heterocycles. The van der Waals surface area contributed by atoms with Gasteiger partial charge in [0.15, 0.2) is 0 Å². The number of fused-ring (bicyclic) bond motifs is 1. The summed E-state index contributed by atoms with van der Waals surface area (Å²) in [4.78, 5) is 29.0. The predicted octanol–water partition coefficient (Wildman–Crippen LogP) is 2.51. The molecule has 0 N–H and O–H groups in total. The molecule has 2 aromatic heterocycles. The number of hydrogen-bond acceptors (Lipinski definition) is 3. The first-order valence-corrected chi connectivity index (χ1v) is 9.24. The number of halogens is 1. The van der Waals surface area contributed by atoms with Gasteiger partial charge in [-0.15, -0.1) is 0 Å². The molecule has 0 spiro atoms. The Morgan fingerprint density at radius 3 is 2.44 bits per heavy atom. The molecule has 3 aromatic rings. The molecule has 7 heteroatoms. The molecule has 6 nitrogen and oxygen atoms in total. The fraction of sp³-hybridized carbons (Fsp3) is 0.250. The van der Waals surface area contributed by atoms with Crippen molar-refractivity contribution < 1.29 is 9.59 Å². The molecular formula is C20H19ClN4O2. The summed E-state index contributed by atoms with van der Waals surface area (Å²) in [6.45, 7) is 2.07. The summed E-state index contributed by atoms with van der Waals surface area (Å²) in [6.07, 6.45) is 3.70. The smallest absolute Gasteiger partial charge is 0.257 e. The van der Waals surface area contributed by atoms with Crippen molar-refractivity contribution in [3.05, 3.63) is 71.0 Å². The van der Waals surface area contributed by atoms with Crippen LogP contribution in [0.3, 0.4) is 0 Å². The maximum Gasteiger partial charge on any atom is 0.257 e. The average Bonchev–Trinajstić information content (AvgIpc) is 3.13. The lowest BCUT2D eigenvalue weighted by atomic mass is 10.1. The molecule has 27 heavy (non-hydrogen) atoms. The Kier molecular flexibility index (Phi) is 4.81. The fourth-order valence-electron chi connectivity index (χ4n) is 3.35. The molecule has 0 atom stereocenters. The number of carbonyl (C=O) groups is 2. The van der Waals surface area contributed by atoms with Crippen molar-refractivity contribution in [2.75, 3.05) is 26.2 Å². The zero-order chi connectivity index (χ0) is 18.8. The number of aromatic nitrogens is 2. The quantitative estimate of drug-likeness (QED) is 0.699. The highest BCUT2D eigenvalue weighted by molar-refractivity contribution is 6.31. The normalized spacial score (nSPS) is 14.6. The van der Waals surface area contributed by atoms with Gasteiger partial charge >= 0.3 is 0 Å². The molecular weight excluding hydrogens is 364 g/mol. The van der Waals surface area contributed by atoms with Gasteiger partial charge in [0.1, 0.15) is 0 Å². The number of hydrogen-bond donors (Lipinski definition) is 0. The summed E-state index contributed by atoms with van der Waals surface area (Å²) in [6, 6.07) is 13.0. The standard InChI is InChI=1S/C20H19ClN4O2/c21-17-6-2-1-5-15(17)13-19(26)23-9-11-24(12-10-23)20(27)16-14-22-25-8-4-3-7-18(16)25/h1-8,14H,9-13H2. The molecule has 0 unspecified atom stereocenters. The lowest BCUT2D eigenvalue weighted by molar-refractivity contribution is -0.131. The van der Waals surface area contributed by atoms with Crippen molar-refractivity contribution in [1.29, 1.82) is 0 Å². The Hall–Kier alpha value is -2.86. The van der Waals surface area contributed by atoms with Gasteiger partial charge in [-0.2, -0.15) is 5.10 Å². The minimum atomic E-state index is -0.0468. The van der Waals surface area contributed by atoms with Gasteiger partial charge in [-0.3, -0.25) is 9.59 Å². The van der Waals surface area contributed by atoms with Gasteiger partial charge in [0.2, 0.25) is 5.91 Å². The van der Waals surface area contributed by atoms with E-state index >= 15 is 0 Å².